The quantitative estimate of drug-likeness (QED) is 0.585. The summed E-state index contributed by atoms with van der Waals surface area (Å²) in [5.74, 6) is -0.851. The van der Waals surface area contributed by atoms with Crippen molar-refractivity contribution in [2.75, 3.05) is 10.6 Å². The average molecular weight is 404 g/mol. The smallest absolute Gasteiger partial charge is 0.255 e. The van der Waals surface area contributed by atoms with Crippen LogP contribution in [0.3, 0.4) is 0 Å². The van der Waals surface area contributed by atoms with Crippen LogP contribution in [0, 0.1) is 5.82 Å². The highest BCUT2D eigenvalue weighted by Crippen LogP contribution is 2.24. The molecule has 0 saturated carbocycles. The van der Waals surface area contributed by atoms with E-state index in [0.717, 1.165) is 5.56 Å². The number of hydrogen-bond acceptors (Lipinski definition) is 2. The number of amides is 2. The predicted octanol–water partition coefficient (Wildman–Crippen LogP) is 5.56. The van der Waals surface area contributed by atoms with Crippen LogP contribution in [0.5, 0.6) is 0 Å². The first-order valence-electron chi connectivity index (χ1n) is 9.77. The molecule has 154 valence electrons. The molecule has 0 heterocycles. The molecule has 0 atom stereocenters. The molecular weight excluding hydrogens is 379 g/mol. The molecule has 2 amide bonds. The van der Waals surface area contributed by atoms with Gasteiger partial charge >= 0.3 is 0 Å². The van der Waals surface area contributed by atoms with E-state index in [9.17, 15) is 14.0 Å². The molecular formula is C25H25FN2O2. The third-order valence-electron chi connectivity index (χ3n) is 4.74. The first-order valence-corrected chi connectivity index (χ1v) is 9.77. The summed E-state index contributed by atoms with van der Waals surface area (Å²) in [7, 11) is 0. The summed E-state index contributed by atoms with van der Waals surface area (Å²) in [5, 5.41) is 5.67. The van der Waals surface area contributed by atoms with E-state index < -0.39 is 0 Å². The Balaban J connectivity index is 1.69. The van der Waals surface area contributed by atoms with E-state index in [0.29, 0.717) is 22.5 Å². The van der Waals surface area contributed by atoms with Gasteiger partial charge in [0.2, 0.25) is 5.91 Å². The molecule has 0 aliphatic carbocycles. The molecule has 0 unspecified atom stereocenters. The van der Waals surface area contributed by atoms with Gasteiger partial charge in [-0.05, 0) is 52.9 Å². The molecule has 0 aromatic heterocycles. The van der Waals surface area contributed by atoms with Crippen molar-refractivity contribution in [2.45, 2.75) is 32.6 Å². The lowest BCUT2D eigenvalue weighted by molar-refractivity contribution is -0.115. The molecule has 4 nitrogen and oxygen atoms in total. The lowest BCUT2D eigenvalue weighted by Gasteiger charge is -2.19. The summed E-state index contributed by atoms with van der Waals surface area (Å²) in [4.78, 5) is 25.1. The van der Waals surface area contributed by atoms with Crippen molar-refractivity contribution in [1.29, 1.82) is 0 Å². The normalized spacial score (nSPS) is 11.1. The number of para-hydroxylation sites is 2. The fourth-order valence-corrected chi connectivity index (χ4v) is 3.00. The largest absolute Gasteiger partial charge is 0.324 e. The maximum atomic E-state index is 13.0. The fourth-order valence-electron chi connectivity index (χ4n) is 3.00. The molecule has 0 aliphatic heterocycles. The van der Waals surface area contributed by atoms with Crippen molar-refractivity contribution in [1.82, 2.24) is 0 Å². The van der Waals surface area contributed by atoms with Gasteiger partial charge in [-0.3, -0.25) is 9.59 Å². The highest BCUT2D eigenvalue weighted by Gasteiger charge is 2.15. The molecule has 0 saturated heterocycles. The molecule has 0 fully saturated rings. The summed E-state index contributed by atoms with van der Waals surface area (Å²) >= 11 is 0. The summed E-state index contributed by atoms with van der Waals surface area (Å²) in [5.41, 5.74) is 3.41. The Bertz CT molecular complexity index is 1040. The van der Waals surface area contributed by atoms with Crippen LogP contribution in [0.15, 0.2) is 72.8 Å². The highest BCUT2D eigenvalue weighted by atomic mass is 19.1. The van der Waals surface area contributed by atoms with Gasteiger partial charge in [0.15, 0.2) is 0 Å². The number of halogens is 1. The maximum Gasteiger partial charge on any atom is 0.255 e. The Kier molecular flexibility index (Phi) is 6.31. The Hall–Kier alpha value is -3.47. The zero-order valence-electron chi connectivity index (χ0n) is 17.3. The topological polar surface area (TPSA) is 58.2 Å². The second-order valence-electron chi connectivity index (χ2n) is 8.18. The standard InChI is InChI=1S/C25H25FN2O2/c1-25(2,3)19-12-10-18(11-13-19)24(30)28-22-7-5-4-6-21(22)27-23(29)16-17-8-14-20(26)15-9-17/h4-15H,16H2,1-3H3,(H,27,29)(H,28,30). The van der Waals surface area contributed by atoms with E-state index in [1.54, 1.807) is 48.5 Å². The Morgan fingerprint density at radius 2 is 1.37 bits per heavy atom. The van der Waals surface area contributed by atoms with Crippen LogP contribution in [-0.2, 0) is 16.6 Å². The third-order valence-corrected chi connectivity index (χ3v) is 4.74. The number of carbonyl (C=O) groups excluding carboxylic acids is 2. The van der Waals surface area contributed by atoms with Gasteiger partial charge in [0.1, 0.15) is 5.82 Å². The van der Waals surface area contributed by atoms with Crippen molar-refractivity contribution in [3.8, 4) is 0 Å². The monoisotopic (exact) mass is 404 g/mol. The first kappa shape index (κ1) is 21.2. The Labute approximate surface area is 176 Å². The minimum Gasteiger partial charge on any atom is -0.324 e. The first-order chi connectivity index (χ1) is 14.2. The van der Waals surface area contributed by atoms with Gasteiger partial charge in [-0.2, -0.15) is 0 Å². The zero-order chi connectivity index (χ0) is 21.7. The van der Waals surface area contributed by atoms with Crippen molar-refractivity contribution in [3.05, 3.63) is 95.3 Å². The Morgan fingerprint density at radius 1 is 0.800 bits per heavy atom. The van der Waals surface area contributed by atoms with E-state index in [1.807, 2.05) is 12.1 Å². The zero-order valence-corrected chi connectivity index (χ0v) is 17.3. The number of nitrogens with one attached hydrogen (secondary N) is 2. The molecule has 3 aromatic carbocycles. The van der Waals surface area contributed by atoms with E-state index in [4.69, 9.17) is 0 Å². The van der Waals surface area contributed by atoms with Gasteiger partial charge < -0.3 is 10.6 Å². The lowest BCUT2D eigenvalue weighted by atomic mass is 9.87. The van der Waals surface area contributed by atoms with E-state index >= 15 is 0 Å². The second kappa shape index (κ2) is 8.91. The summed E-state index contributed by atoms with van der Waals surface area (Å²) in [6, 6.07) is 20.3. The van der Waals surface area contributed by atoms with Crippen LogP contribution in [-0.4, -0.2) is 11.8 Å². The summed E-state index contributed by atoms with van der Waals surface area (Å²) in [6.45, 7) is 6.35. The van der Waals surface area contributed by atoms with Crippen LogP contribution in [0.25, 0.3) is 0 Å². The number of hydrogen-bond donors (Lipinski definition) is 2. The summed E-state index contributed by atoms with van der Waals surface area (Å²) < 4.78 is 13.0. The van der Waals surface area contributed by atoms with Gasteiger partial charge in [-0.15, -0.1) is 0 Å². The van der Waals surface area contributed by atoms with Crippen LogP contribution in [0.4, 0.5) is 15.8 Å². The van der Waals surface area contributed by atoms with Gasteiger partial charge in [-0.25, -0.2) is 4.39 Å². The maximum absolute atomic E-state index is 13.0. The van der Waals surface area contributed by atoms with Gasteiger partial charge in [0.05, 0.1) is 17.8 Å². The molecule has 5 heteroatoms. The Morgan fingerprint density at radius 3 is 1.93 bits per heavy atom. The summed E-state index contributed by atoms with van der Waals surface area (Å²) in [6.07, 6.45) is 0.108. The molecule has 30 heavy (non-hydrogen) atoms. The van der Waals surface area contributed by atoms with Crippen molar-refractivity contribution in [3.63, 3.8) is 0 Å². The van der Waals surface area contributed by atoms with Crippen LogP contribution in [0.1, 0.15) is 42.3 Å². The number of carbonyl (C=O) groups is 2. The van der Waals surface area contributed by atoms with Gasteiger partial charge in [-0.1, -0.05) is 57.2 Å². The van der Waals surface area contributed by atoms with Crippen molar-refractivity contribution >= 4 is 23.2 Å². The van der Waals surface area contributed by atoms with Gasteiger partial charge in [0.25, 0.3) is 5.91 Å². The van der Waals surface area contributed by atoms with Crippen LogP contribution >= 0.6 is 0 Å². The minimum absolute atomic E-state index is 0.0103. The molecule has 2 N–H and O–H groups in total. The molecule has 3 rings (SSSR count). The van der Waals surface area contributed by atoms with Crippen molar-refractivity contribution in [2.24, 2.45) is 0 Å². The molecule has 0 radical (unpaired) electrons. The van der Waals surface area contributed by atoms with Crippen molar-refractivity contribution < 1.29 is 14.0 Å². The number of rotatable bonds is 5. The molecule has 3 aromatic rings. The lowest BCUT2D eigenvalue weighted by Crippen LogP contribution is -2.18. The van der Waals surface area contributed by atoms with E-state index in [2.05, 4.69) is 31.4 Å². The van der Waals surface area contributed by atoms with E-state index in [-0.39, 0.29) is 29.5 Å². The highest BCUT2D eigenvalue weighted by molar-refractivity contribution is 6.07. The third kappa shape index (κ3) is 5.54. The fraction of sp³-hybridized carbons (Fsp3) is 0.200. The van der Waals surface area contributed by atoms with Crippen LogP contribution in [0.2, 0.25) is 0 Å². The SMILES string of the molecule is CC(C)(C)c1ccc(C(=O)Nc2ccccc2NC(=O)Cc2ccc(F)cc2)cc1. The van der Waals surface area contributed by atoms with E-state index in [1.165, 1.54) is 12.1 Å². The number of benzene rings is 3. The minimum atomic E-state index is -0.345. The molecule has 0 spiro atoms. The predicted molar refractivity (Wildman–Crippen MR) is 118 cm³/mol. The second-order valence-corrected chi connectivity index (χ2v) is 8.18. The molecule has 0 aliphatic rings. The number of anilines is 2. The molecule has 0 bridgehead atoms. The van der Waals surface area contributed by atoms with Gasteiger partial charge in [0, 0.05) is 5.56 Å². The average Bonchev–Trinajstić information content (AvgIpc) is 2.70. The van der Waals surface area contributed by atoms with Crippen LogP contribution < -0.4 is 10.6 Å².